The van der Waals surface area contributed by atoms with Gasteiger partial charge in [-0.15, -0.1) is 0 Å². The lowest BCUT2D eigenvalue weighted by molar-refractivity contribution is 0.111. The van der Waals surface area contributed by atoms with Gasteiger partial charge < -0.3 is 4.74 Å². The van der Waals surface area contributed by atoms with E-state index in [1.807, 2.05) is 12.1 Å². The highest BCUT2D eigenvalue weighted by Gasteiger charge is 2.17. The Balaban J connectivity index is 2.21. The summed E-state index contributed by atoms with van der Waals surface area (Å²) < 4.78 is 20.9. The Morgan fingerprint density at radius 1 is 1.24 bits per heavy atom. The van der Waals surface area contributed by atoms with Crippen molar-refractivity contribution in [2.45, 2.75) is 6.92 Å². The van der Waals surface area contributed by atoms with Crippen LogP contribution in [0.25, 0.3) is 17.1 Å². The number of rotatable bonds is 4. The number of ether oxygens (including phenoxy) is 1. The lowest BCUT2D eigenvalue weighted by Gasteiger charge is -2.11. The van der Waals surface area contributed by atoms with Gasteiger partial charge in [-0.25, -0.2) is 9.37 Å². The van der Waals surface area contributed by atoms with Gasteiger partial charge >= 0.3 is 0 Å². The van der Waals surface area contributed by atoms with E-state index < -0.39 is 5.82 Å². The number of aldehydes is 1. The van der Waals surface area contributed by atoms with Gasteiger partial charge in [0.15, 0.2) is 6.29 Å². The molecule has 0 bridgehead atoms. The van der Waals surface area contributed by atoms with E-state index in [0.717, 1.165) is 5.69 Å². The molecule has 0 spiro atoms. The maximum absolute atomic E-state index is 14.0. The summed E-state index contributed by atoms with van der Waals surface area (Å²) in [6.07, 6.45) is 0.666. The molecule has 6 heteroatoms. The summed E-state index contributed by atoms with van der Waals surface area (Å²) in [4.78, 5) is 15.6. The van der Waals surface area contributed by atoms with Gasteiger partial charge in [0, 0.05) is 11.3 Å². The van der Waals surface area contributed by atoms with Gasteiger partial charge in [0.2, 0.25) is 0 Å². The summed E-state index contributed by atoms with van der Waals surface area (Å²) >= 11 is 0. The molecule has 0 aliphatic rings. The lowest BCUT2D eigenvalue weighted by Crippen LogP contribution is -2.00. The number of aromatic nitrogens is 2. The SMILES string of the molecule is COc1ccc(-n2c(-c3ccc(C#N)c(F)c3)nc(C=O)c2C)cc1. The Hall–Kier alpha value is -3.46. The smallest absolute Gasteiger partial charge is 0.170 e. The van der Waals surface area contributed by atoms with Crippen LogP contribution in [0, 0.1) is 24.1 Å². The minimum atomic E-state index is -0.630. The third kappa shape index (κ3) is 2.88. The van der Waals surface area contributed by atoms with Crippen LogP contribution >= 0.6 is 0 Å². The molecule has 124 valence electrons. The van der Waals surface area contributed by atoms with Crippen LogP contribution in [-0.2, 0) is 0 Å². The van der Waals surface area contributed by atoms with Crippen molar-refractivity contribution in [2.24, 2.45) is 0 Å². The first kappa shape index (κ1) is 16.4. The number of hydrogen-bond donors (Lipinski definition) is 0. The van der Waals surface area contributed by atoms with Crippen LogP contribution in [0.4, 0.5) is 4.39 Å². The zero-order valence-corrected chi connectivity index (χ0v) is 13.7. The van der Waals surface area contributed by atoms with E-state index in [1.54, 1.807) is 42.9 Å². The standard InChI is InChI=1S/C19H14FN3O2/c1-12-18(11-24)22-19(13-3-4-14(10-21)17(20)9-13)23(12)15-5-7-16(25-2)8-6-15/h3-9,11H,1-2H3. The van der Waals surface area contributed by atoms with Crippen molar-refractivity contribution in [2.75, 3.05) is 7.11 Å². The van der Waals surface area contributed by atoms with E-state index in [4.69, 9.17) is 10.00 Å². The average Bonchev–Trinajstić information content (AvgIpc) is 2.98. The number of nitrogens with zero attached hydrogens (tertiary/aromatic N) is 3. The molecule has 0 saturated carbocycles. The first-order chi connectivity index (χ1) is 12.1. The van der Waals surface area contributed by atoms with Crippen LogP contribution in [0.15, 0.2) is 42.5 Å². The molecular formula is C19H14FN3O2. The van der Waals surface area contributed by atoms with Crippen molar-refractivity contribution in [3.63, 3.8) is 0 Å². The van der Waals surface area contributed by atoms with Gasteiger partial charge in [-0.2, -0.15) is 5.26 Å². The summed E-state index contributed by atoms with van der Waals surface area (Å²) in [5, 5.41) is 8.88. The van der Waals surface area contributed by atoms with E-state index in [2.05, 4.69) is 4.98 Å². The third-order valence-corrected chi connectivity index (χ3v) is 3.93. The van der Waals surface area contributed by atoms with Crippen molar-refractivity contribution < 1.29 is 13.9 Å². The second-order valence-corrected chi connectivity index (χ2v) is 5.36. The van der Waals surface area contributed by atoms with Crippen LogP contribution in [0.1, 0.15) is 21.7 Å². The van der Waals surface area contributed by atoms with Crippen molar-refractivity contribution >= 4 is 6.29 Å². The molecule has 5 nitrogen and oxygen atoms in total. The molecule has 1 heterocycles. The number of imidazole rings is 1. The minimum Gasteiger partial charge on any atom is -0.497 e. The molecule has 0 atom stereocenters. The van der Waals surface area contributed by atoms with Crippen molar-refractivity contribution in [1.82, 2.24) is 9.55 Å². The average molecular weight is 335 g/mol. The number of carbonyl (C=O) groups is 1. The number of benzene rings is 2. The second kappa shape index (κ2) is 6.57. The monoisotopic (exact) mass is 335 g/mol. The van der Waals surface area contributed by atoms with Crippen molar-refractivity contribution in [1.29, 1.82) is 5.26 Å². The van der Waals surface area contributed by atoms with E-state index in [-0.39, 0.29) is 11.3 Å². The fourth-order valence-corrected chi connectivity index (χ4v) is 2.62. The molecule has 25 heavy (non-hydrogen) atoms. The van der Waals surface area contributed by atoms with Gasteiger partial charge in [0.05, 0.1) is 18.4 Å². The van der Waals surface area contributed by atoms with E-state index in [1.165, 1.54) is 12.1 Å². The van der Waals surface area contributed by atoms with Crippen LogP contribution in [-0.4, -0.2) is 22.9 Å². The summed E-state index contributed by atoms with van der Waals surface area (Å²) in [5.41, 5.74) is 2.11. The molecule has 2 aromatic carbocycles. The number of halogens is 1. The largest absolute Gasteiger partial charge is 0.497 e. The highest BCUT2D eigenvalue weighted by Crippen LogP contribution is 2.28. The van der Waals surface area contributed by atoms with Crippen LogP contribution in [0.5, 0.6) is 5.75 Å². The van der Waals surface area contributed by atoms with Gasteiger partial charge in [-0.05, 0) is 49.4 Å². The van der Waals surface area contributed by atoms with Gasteiger partial charge in [0.25, 0.3) is 0 Å². The topological polar surface area (TPSA) is 67.9 Å². The summed E-state index contributed by atoms with van der Waals surface area (Å²) in [6.45, 7) is 1.77. The molecule has 0 amide bonds. The van der Waals surface area contributed by atoms with Crippen LogP contribution in [0.3, 0.4) is 0 Å². The van der Waals surface area contributed by atoms with Crippen molar-refractivity contribution in [3.8, 4) is 28.9 Å². The third-order valence-electron chi connectivity index (χ3n) is 3.93. The highest BCUT2D eigenvalue weighted by atomic mass is 19.1. The summed E-state index contributed by atoms with van der Waals surface area (Å²) in [7, 11) is 1.58. The molecule has 0 unspecified atom stereocenters. The Bertz CT molecular complexity index is 985. The van der Waals surface area contributed by atoms with E-state index in [9.17, 15) is 9.18 Å². The summed E-state index contributed by atoms with van der Waals surface area (Å²) in [6, 6.07) is 13.3. The Morgan fingerprint density at radius 3 is 2.52 bits per heavy atom. The molecule has 0 saturated heterocycles. The number of methoxy groups -OCH3 is 1. The molecule has 0 aliphatic carbocycles. The van der Waals surface area contributed by atoms with E-state index >= 15 is 0 Å². The number of carbonyl (C=O) groups excluding carboxylic acids is 1. The Kier molecular flexibility index (Phi) is 4.31. The number of nitriles is 1. The molecule has 0 N–H and O–H groups in total. The minimum absolute atomic E-state index is 0.0429. The quantitative estimate of drug-likeness (QED) is 0.682. The molecule has 0 aliphatic heterocycles. The van der Waals surface area contributed by atoms with Gasteiger partial charge in [-0.3, -0.25) is 9.36 Å². The molecule has 3 rings (SSSR count). The predicted octanol–water partition coefficient (Wildman–Crippen LogP) is 3.68. The molecule has 3 aromatic rings. The summed E-state index contributed by atoms with van der Waals surface area (Å²) in [5.74, 6) is 0.492. The molecule has 1 aromatic heterocycles. The van der Waals surface area contributed by atoms with Crippen LogP contribution < -0.4 is 4.74 Å². The van der Waals surface area contributed by atoms with Crippen LogP contribution in [0.2, 0.25) is 0 Å². The zero-order chi connectivity index (χ0) is 18.0. The Labute approximate surface area is 143 Å². The predicted molar refractivity (Wildman–Crippen MR) is 90.3 cm³/mol. The Morgan fingerprint density at radius 2 is 1.96 bits per heavy atom. The maximum Gasteiger partial charge on any atom is 0.170 e. The molecular weight excluding hydrogens is 321 g/mol. The zero-order valence-electron chi connectivity index (χ0n) is 13.7. The van der Waals surface area contributed by atoms with Crippen molar-refractivity contribution in [3.05, 3.63) is 65.2 Å². The first-order valence-electron chi connectivity index (χ1n) is 7.48. The fraction of sp³-hybridized carbons (Fsp3) is 0.105. The highest BCUT2D eigenvalue weighted by molar-refractivity contribution is 5.77. The number of hydrogen-bond acceptors (Lipinski definition) is 4. The normalized spacial score (nSPS) is 10.3. The van der Waals surface area contributed by atoms with Gasteiger partial charge in [0.1, 0.15) is 29.2 Å². The molecule has 0 radical (unpaired) electrons. The first-order valence-corrected chi connectivity index (χ1v) is 7.48. The molecule has 0 fully saturated rings. The fourth-order valence-electron chi connectivity index (χ4n) is 2.62. The van der Waals surface area contributed by atoms with Gasteiger partial charge in [-0.1, -0.05) is 0 Å². The maximum atomic E-state index is 14.0. The lowest BCUT2D eigenvalue weighted by atomic mass is 10.1. The second-order valence-electron chi connectivity index (χ2n) is 5.36. The van der Waals surface area contributed by atoms with E-state index in [0.29, 0.717) is 29.1 Å².